The van der Waals surface area contributed by atoms with E-state index < -0.39 is 21.7 Å². The standard InChI is InChI=1S/C24H24FN5O4S/c1-4-6-22(31)30-35(32,33)21-14-18(8-7-16(21)3)28-24-26-15-20(25)23(29-24)27-17-9-11-19(12-10-17)34-13-5-2/h2,7-12,14-15H,4,6,13H2,1,3H3,(H,30,31)(H2,26,27,28,29). The van der Waals surface area contributed by atoms with Crippen LogP contribution in [0.5, 0.6) is 5.75 Å². The van der Waals surface area contributed by atoms with Crippen molar-refractivity contribution >= 4 is 39.1 Å². The summed E-state index contributed by atoms with van der Waals surface area (Å²) in [5, 5.41) is 5.72. The number of halogens is 1. The number of terminal acetylenes is 1. The largest absolute Gasteiger partial charge is 0.481 e. The van der Waals surface area contributed by atoms with E-state index in [4.69, 9.17) is 11.2 Å². The number of nitrogens with one attached hydrogen (secondary N) is 3. The second-order valence-corrected chi connectivity index (χ2v) is 9.07. The van der Waals surface area contributed by atoms with E-state index in [1.54, 1.807) is 50.2 Å². The minimum Gasteiger partial charge on any atom is -0.481 e. The van der Waals surface area contributed by atoms with Crippen LogP contribution >= 0.6 is 0 Å². The summed E-state index contributed by atoms with van der Waals surface area (Å²) in [6, 6.07) is 11.2. The quantitative estimate of drug-likeness (QED) is 0.359. The van der Waals surface area contributed by atoms with Crippen LogP contribution in [0.2, 0.25) is 0 Å². The molecule has 182 valence electrons. The fraction of sp³-hybridized carbons (Fsp3) is 0.208. The minimum absolute atomic E-state index is 0.0325. The van der Waals surface area contributed by atoms with E-state index in [-0.39, 0.29) is 29.7 Å². The molecule has 0 fully saturated rings. The molecule has 2 aromatic carbocycles. The van der Waals surface area contributed by atoms with Gasteiger partial charge in [-0.3, -0.25) is 4.79 Å². The van der Waals surface area contributed by atoms with Crippen molar-refractivity contribution in [1.82, 2.24) is 14.7 Å². The number of carbonyl (C=O) groups excluding carboxylic acids is 1. The highest BCUT2D eigenvalue weighted by Crippen LogP contribution is 2.25. The molecule has 3 N–H and O–H groups in total. The zero-order valence-electron chi connectivity index (χ0n) is 19.1. The molecule has 3 rings (SSSR count). The van der Waals surface area contributed by atoms with Gasteiger partial charge in [0.1, 0.15) is 12.4 Å². The zero-order valence-corrected chi connectivity index (χ0v) is 19.9. The maximum atomic E-state index is 14.3. The molecule has 0 saturated carbocycles. The Balaban J connectivity index is 1.79. The van der Waals surface area contributed by atoms with Crippen molar-refractivity contribution in [3.63, 3.8) is 0 Å². The van der Waals surface area contributed by atoms with Crippen molar-refractivity contribution < 1.29 is 22.3 Å². The van der Waals surface area contributed by atoms with Gasteiger partial charge < -0.3 is 15.4 Å². The number of aryl methyl sites for hydroxylation is 1. The highest BCUT2D eigenvalue weighted by molar-refractivity contribution is 7.90. The van der Waals surface area contributed by atoms with Gasteiger partial charge in [0, 0.05) is 17.8 Å². The van der Waals surface area contributed by atoms with Crippen LogP contribution in [0.15, 0.2) is 53.6 Å². The number of ether oxygens (including phenoxy) is 1. The SMILES string of the molecule is C#CCOc1ccc(Nc2nc(Nc3ccc(C)c(S(=O)(=O)NC(=O)CCC)c3)ncc2F)cc1. The van der Waals surface area contributed by atoms with Crippen molar-refractivity contribution in [2.75, 3.05) is 17.2 Å². The molecule has 0 bridgehead atoms. The van der Waals surface area contributed by atoms with E-state index in [2.05, 4.69) is 31.2 Å². The van der Waals surface area contributed by atoms with Gasteiger partial charge in [-0.25, -0.2) is 22.5 Å². The van der Waals surface area contributed by atoms with Gasteiger partial charge in [-0.2, -0.15) is 4.98 Å². The topological polar surface area (TPSA) is 122 Å². The lowest BCUT2D eigenvalue weighted by Crippen LogP contribution is -2.30. The predicted molar refractivity (Wildman–Crippen MR) is 131 cm³/mol. The van der Waals surface area contributed by atoms with E-state index in [9.17, 15) is 17.6 Å². The molecule has 0 unspecified atom stereocenters. The highest BCUT2D eigenvalue weighted by Gasteiger charge is 2.20. The van der Waals surface area contributed by atoms with Crippen molar-refractivity contribution in [2.45, 2.75) is 31.6 Å². The number of benzene rings is 2. The van der Waals surface area contributed by atoms with Gasteiger partial charge in [0.2, 0.25) is 11.9 Å². The summed E-state index contributed by atoms with van der Waals surface area (Å²) in [4.78, 5) is 19.8. The summed E-state index contributed by atoms with van der Waals surface area (Å²) < 4.78 is 47.0. The molecular weight excluding hydrogens is 473 g/mol. The Hall–Kier alpha value is -4.17. The first-order chi connectivity index (χ1) is 16.7. The predicted octanol–water partition coefficient (Wildman–Crippen LogP) is 4.03. The normalized spacial score (nSPS) is 10.8. The van der Waals surface area contributed by atoms with E-state index in [1.165, 1.54) is 6.07 Å². The summed E-state index contributed by atoms with van der Waals surface area (Å²) in [5.74, 6) is 1.60. The third-order valence-corrected chi connectivity index (χ3v) is 6.16. The first kappa shape index (κ1) is 25.5. The van der Waals surface area contributed by atoms with Gasteiger partial charge >= 0.3 is 0 Å². The van der Waals surface area contributed by atoms with Crippen molar-refractivity contribution in [1.29, 1.82) is 0 Å². The first-order valence-corrected chi connectivity index (χ1v) is 12.1. The Morgan fingerprint density at radius 2 is 1.86 bits per heavy atom. The smallest absolute Gasteiger partial charge is 0.264 e. The molecule has 0 aliphatic rings. The van der Waals surface area contributed by atoms with E-state index in [0.29, 0.717) is 29.1 Å². The second-order valence-electron chi connectivity index (χ2n) is 7.42. The molecule has 11 heteroatoms. The first-order valence-electron chi connectivity index (χ1n) is 10.6. The van der Waals surface area contributed by atoms with Crippen LogP contribution in [0, 0.1) is 25.1 Å². The number of rotatable bonds is 10. The van der Waals surface area contributed by atoms with Crippen molar-refractivity contribution in [3.05, 3.63) is 60.0 Å². The van der Waals surface area contributed by atoms with Crippen molar-refractivity contribution in [3.8, 4) is 18.1 Å². The molecule has 35 heavy (non-hydrogen) atoms. The number of hydrogen-bond acceptors (Lipinski definition) is 8. The zero-order chi connectivity index (χ0) is 25.4. The molecule has 0 aliphatic heterocycles. The maximum Gasteiger partial charge on any atom is 0.264 e. The lowest BCUT2D eigenvalue weighted by Gasteiger charge is -2.13. The van der Waals surface area contributed by atoms with Gasteiger partial charge in [0.25, 0.3) is 10.0 Å². The molecule has 0 aliphatic carbocycles. The van der Waals surface area contributed by atoms with Gasteiger partial charge in [-0.05, 0) is 55.3 Å². The number of sulfonamides is 1. The Labute approximate surface area is 203 Å². The Morgan fingerprint density at radius 3 is 2.54 bits per heavy atom. The number of anilines is 4. The molecule has 9 nitrogen and oxygen atoms in total. The summed E-state index contributed by atoms with van der Waals surface area (Å²) >= 11 is 0. The van der Waals surface area contributed by atoms with E-state index in [0.717, 1.165) is 6.20 Å². The third-order valence-electron chi connectivity index (χ3n) is 4.64. The van der Waals surface area contributed by atoms with E-state index >= 15 is 0 Å². The Kier molecular flexibility index (Phi) is 8.22. The number of nitrogens with zero attached hydrogens (tertiary/aromatic N) is 2. The molecule has 0 atom stereocenters. The van der Waals surface area contributed by atoms with Crippen molar-refractivity contribution in [2.24, 2.45) is 0 Å². The van der Waals surface area contributed by atoms with Gasteiger partial charge in [0.15, 0.2) is 11.6 Å². The summed E-state index contributed by atoms with van der Waals surface area (Å²) in [6.07, 6.45) is 6.76. The maximum absolute atomic E-state index is 14.3. The number of amides is 1. The third kappa shape index (κ3) is 6.91. The van der Waals surface area contributed by atoms with E-state index in [1.807, 2.05) is 0 Å². The summed E-state index contributed by atoms with van der Waals surface area (Å²) in [6.45, 7) is 3.52. The molecular formula is C24H24FN5O4S. The van der Waals surface area contributed by atoms with Gasteiger partial charge in [-0.1, -0.05) is 18.9 Å². The fourth-order valence-corrected chi connectivity index (χ4v) is 4.28. The summed E-state index contributed by atoms with van der Waals surface area (Å²) in [7, 11) is -4.07. The number of carbonyl (C=O) groups is 1. The van der Waals surface area contributed by atoms with Crippen LogP contribution in [0.4, 0.5) is 27.5 Å². The molecule has 3 aromatic rings. The highest BCUT2D eigenvalue weighted by atomic mass is 32.2. The van der Waals surface area contributed by atoms with Crippen LogP contribution in [0.1, 0.15) is 25.3 Å². The lowest BCUT2D eigenvalue weighted by atomic mass is 10.2. The molecule has 1 amide bonds. The van der Waals surface area contributed by atoms with Crippen LogP contribution in [-0.4, -0.2) is 30.9 Å². The second kappa shape index (κ2) is 11.3. The van der Waals surface area contributed by atoms with Crippen LogP contribution < -0.4 is 20.1 Å². The van der Waals surface area contributed by atoms with Crippen LogP contribution in [0.3, 0.4) is 0 Å². The van der Waals surface area contributed by atoms with Crippen LogP contribution in [-0.2, 0) is 14.8 Å². The van der Waals surface area contributed by atoms with Crippen LogP contribution in [0.25, 0.3) is 0 Å². The van der Waals surface area contributed by atoms with Gasteiger partial charge in [0.05, 0.1) is 11.1 Å². The summed E-state index contributed by atoms with van der Waals surface area (Å²) in [5.41, 5.74) is 1.34. The average molecular weight is 498 g/mol. The lowest BCUT2D eigenvalue weighted by molar-refractivity contribution is -0.119. The number of hydrogen-bond donors (Lipinski definition) is 3. The van der Waals surface area contributed by atoms with Gasteiger partial charge in [-0.15, -0.1) is 6.42 Å². The molecule has 1 aromatic heterocycles. The Bertz CT molecular complexity index is 1360. The number of aromatic nitrogens is 2. The average Bonchev–Trinajstić information content (AvgIpc) is 2.81. The monoisotopic (exact) mass is 497 g/mol. The fourth-order valence-electron chi connectivity index (χ4n) is 2.99. The minimum atomic E-state index is -4.07. The molecule has 1 heterocycles. The Morgan fingerprint density at radius 1 is 1.14 bits per heavy atom. The molecule has 0 saturated heterocycles. The molecule has 0 radical (unpaired) electrons. The molecule has 0 spiro atoms.